The van der Waals surface area contributed by atoms with Crippen molar-refractivity contribution in [1.29, 1.82) is 0 Å². The number of nitrogens with one attached hydrogen (secondary N) is 1. The topological polar surface area (TPSA) is 37.8 Å². The molecule has 19 heavy (non-hydrogen) atoms. The van der Waals surface area contributed by atoms with E-state index in [1.807, 2.05) is 6.07 Å². The van der Waals surface area contributed by atoms with Gasteiger partial charge in [-0.1, -0.05) is 27.7 Å². The lowest BCUT2D eigenvalue weighted by Gasteiger charge is -2.34. The predicted molar refractivity (Wildman–Crippen MR) is 83.5 cm³/mol. The molecule has 3 nitrogen and oxygen atoms in total. The lowest BCUT2D eigenvalue weighted by atomic mass is 9.75. The van der Waals surface area contributed by atoms with E-state index in [-0.39, 0.29) is 0 Å². The SMILES string of the molecule is CC(C)c1nc(Br)cc(NC2CCC(C)(C)CC2)n1. The van der Waals surface area contributed by atoms with E-state index in [9.17, 15) is 0 Å². The molecular weight excluding hydrogens is 302 g/mol. The highest BCUT2D eigenvalue weighted by atomic mass is 79.9. The molecule has 0 bridgehead atoms. The number of hydrogen-bond acceptors (Lipinski definition) is 3. The molecule has 0 spiro atoms. The molecule has 1 fully saturated rings. The van der Waals surface area contributed by atoms with Crippen LogP contribution in [0.15, 0.2) is 10.7 Å². The third-order valence-corrected chi connectivity index (χ3v) is 4.33. The molecule has 106 valence electrons. The minimum atomic E-state index is 0.350. The second kappa shape index (κ2) is 5.78. The quantitative estimate of drug-likeness (QED) is 0.815. The first-order valence-corrected chi connectivity index (χ1v) is 7.96. The maximum absolute atomic E-state index is 4.61. The number of halogens is 1. The molecule has 1 aliphatic carbocycles. The smallest absolute Gasteiger partial charge is 0.134 e. The number of hydrogen-bond donors (Lipinski definition) is 1. The maximum Gasteiger partial charge on any atom is 0.134 e. The normalized spacial score (nSPS) is 19.7. The molecule has 0 aromatic carbocycles. The Morgan fingerprint density at radius 3 is 2.47 bits per heavy atom. The Labute approximate surface area is 124 Å². The Morgan fingerprint density at radius 1 is 1.26 bits per heavy atom. The highest BCUT2D eigenvalue weighted by molar-refractivity contribution is 9.10. The van der Waals surface area contributed by atoms with Crippen LogP contribution in [0.25, 0.3) is 0 Å². The van der Waals surface area contributed by atoms with Crippen molar-refractivity contribution in [2.45, 2.75) is 65.3 Å². The summed E-state index contributed by atoms with van der Waals surface area (Å²) in [5, 5.41) is 3.57. The monoisotopic (exact) mass is 325 g/mol. The van der Waals surface area contributed by atoms with E-state index in [1.54, 1.807) is 0 Å². The zero-order valence-electron chi connectivity index (χ0n) is 12.3. The van der Waals surface area contributed by atoms with E-state index in [1.165, 1.54) is 25.7 Å². The maximum atomic E-state index is 4.61. The van der Waals surface area contributed by atoms with Gasteiger partial charge in [-0.3, -0.25) is 0 Å². The summed E-state index contributed by atoms with van der Waals surface area (Å²) in [6.07, 6.45) is 5.03. The molecule has 1 aliphatic rings. The molecule has 1 aromatic rings. The van der Waals surface area contributed by atoms with Crippen LogP contribution in [0.4, 0.5) is 5.82 Å². The number of aromatic nitrogens is 2. The van der Waals surface area contributed by atoms with Crippen LogP contribution in [0.3, 0.4) is 0 Å². The summed E-state index contributed by atoms with van der Waals surface area (Å²) in [6.45, 7) is 8.96. The summed E-state index contributed by atoms with van der Waals surface area (Å²) in [5.74, 6) is 2.20. The van der Waals surface area contributed by atoms with Gasteiger partial charge in [0.25, 0.3) is 0 Å². The molecular formula is C15H24BrN3. The van der Waals surface area contributed by atoms with Crippen molar-refractivity contribution in [3.8, 4) is 0 Å². The van der Waals surface area contributed by atoms with Crippen molar-refractivity contribution in [1.82, 2.24) is 9.97 Å². The van der Waals surface area contributed by atoms with Crippen LogP contribution >= 0.6 is 15.9 Å². The van der Waals surface area contributed by atoms with Crippen LogP contribution in [0.2, 0.25) is 0 Å². The van der Waals surface area contributed by atoms with Crippen LogP contribution in [0, 0.1) is 5.41 Å². The number of nitrogens with zero attached hydrogens (tertiary/aromatic N) is 2. The Morgan fingerprint density at radius 2 is 1.89 bits per heavy atom. The van der Waals surface area contributed by atoms with E-state index >= 15 is 0 Å². The zero-order chi connectivity index (χ0) is 14.0. The fourth-order valence-electron chi connectivity index (χ4n) is 2.52. The van der Waals surface area contributed by atoms with Gasteiger partial charge in [-0.15, -0.1) is 0 Å². The second-order valence-corrected chi connectivity index (χ2v) is 7.48. The van der Waals surface area contributed by atoms with E-state index in [4.69, 9.17) is 0 Å². The number of rotatable bonds is 3. The summed E-state index contributed by atoms with van der Waals surface area (Å²) in [7, 11) is 0. The molecule has 0 amide bonds. The molecule has 1 aromatic heterocycles. The molecule has 0 atom stereocenters. The van der Waals surface area contributed by atoms with Crippen molar-refractivity contribution < 1.29 is 0 Å². The van der Waals surface area contributed by atoms with Crippen LogP contribution in [0.5, 0.6) is 0 Å². The minimum Gasteiger partial charge on any atom is -0.367 e. The summed E-state index contributed by atoms with van der Waals surface area (Å²) in [4.78, 5) is 9.03. The summed E-state index contributed by atoms with van der Waals surface area (Å²) < 4.78 is 0.866. The van der Waals surface area contributed by atoms with Crippen LogP contribution in [-0.4, -0.2) is 16.0 Å². The van der Waals surface area contributed by atoms with Gasteiger partial charge in [0.15, 0.2) is 0 Å². The predicted octanol–water partition coefficient (Wildman–Crippen LogP) is 4.74. The molecule has 0 aliphatic heterocycles. The Bertz CT molecular complexity index is 433. The third kappa shape index (κ3) is 4.16. The van der Waals surface area contributed by atoms with Crippen LogP contribution in [-0.2, 0) is 0 Å². The van der Waals surface area contributed by atoms with Gasteiger partial charge in [0.05, 0.1) is 0 Å². The average Bonchev–Trinajstić information content (AvgIpc) is 2.31. The highest BCUT2D eigenvalue weighted by Crippen LogP contribution is 2.36. The first-order chi connectivity index (χ1) is 8.85. The molecule has 1 saturated carbocycles. The van der Waals surface area contributed by atoms with Gasteiger partial charge in [-0.05, 0) is 47.0 Å². The summed E-state index contributed by atoms with van der Waals surface area (Å²) in [6, 6.07) is 2.53. The summed E-state index contributed by atoms with van der Waals surface area (Å²) >= 11 is 3.47. The van der Waals surface area contributed by atoms with E-state index < -0.39 is 0 Å². The van der Waals surface area contributed by atoms with Crippen LogP contribution < -0.4 is 5.32 Å². The number of anilines is 1. The molecule has 4 heteroatoms. The lowest BCUT2D eigenvalue weighted by Crippen LogP contribution is -2.30. The Kier molecular flexibility index (Phi) is 4.49. The van der Waals surface area contributed by atoms with Crippen molar-refractivity contribution in [2.24, 2.45) is 5.41 Å². The van der Waals surface area contributed by atoms with E-state index in [0.29, 0.717) is 17.4 Å². The molecule has 2 rings (SSSR count). The lowest BCUT2D eigenvalue weighted by molar-refractivity contribution is 0.232. The van der Waals surface area contributed by atoms with Crippen molar-refractivity contribution in [2.75, 3.05) is 5.32 Å². The third-order valence-electron chi connectivity index (χ3n) is 3.92. The van der Waals surface area contributed by atoms with Crippen molar-refractivity contribution in [3.05, 3.63) is 16.5 Å². The van der Waals surface area contributed by atoms with E-state index in [2.05, 4.69) is 58.9 Å². The Balaban J connectivity index is 2.03. The first-order valence-electron chi connectivity index (χ1n) is 7.17. The fourth-order valence-corrected chi connectivity index (χ4v) is 2.92. The molecule has 0 unspecified atom stereocenters. The van der Waals surface area contributed by atoms with Gasteiger partial charge in [-0.25, -0.2) is 9.97 Å². The van der Waals surface area contributed by atoms with Gasteiger partial charge in [0.2, 0.25) is 0 Å². The standard InChI is InChI=1S/C15H24BrN3/c1-10(2)14-18-12(16)9-13(19-14)17-11-5-7-15(3,4)8-6-11/h9-11H,5-8H2,1-4H3,(H,17,18,19). The van der Waals surface area contributed by atoms with Gasteiger partial charge in [-0.2, -0.15) is 0 Å². The van der Waals surface area contributed by atoms with Gasteiger partial charge < -0.3 is 5.32 Å². The van der Waals surface area contributed by atoms with Gasteiger partial charge in [0, 0.05) is 18.0 Å². The Hall–Kier alpha value is -0.640. The molecule has 0 saturated heterocycles. The van der Waals surface area contributed by atoms with Gasteiger partial charge in [0.1, 0.15) is 16.2 Å². The first kappa shape index (κ1) is 14.8. The fraction of sp³-hybridized carbons (Fsp3) is 0.733. The molecule has 0 radical (unpaired) electrons. The molecule has 1 N–H and O–H groups in total. The summed E-state index contributed by atoms with van der Waals surface area (Å²) in [5.41, 5.74) is 0.507. The molecule has 1 heterocycles. The van der Waals surface area contributed by atoms with Crippen LogP contribution in [0.1, 0.15) is 65.1 Å². The van der Waals surface area contributed by atoms with Gasteiger partial charge >= 0.3 is 0 Å². The van der Waals surface area contributed by atoms with Crippen molar-refractivity contribution >= 4 is 21.7 Å². The highest BCUT2D eigenvalue weighted by Gasteiger charge is 2.26. The van der Waals surface area contributed by atoms with E-state index in [0.717, 1.165) is 16.2 Å². The van der Waals surface area contributed by atoms with Crippen molar-refractivity contribution in [3.63, 3.8) is 0 Å². The zero-order valence-corrected chi connectivity index (χ0v) is 13.9. The second-order valence-electron chi connectivity index (χ2n) is 6.67. The average molecular weight is 326 g/mol. The largest absolute Gasteiger partial charge is 0.367 e. The minimum absolute atomic E-state index is 0.350.